The minimum absolute atomic E-state index is 0.170. The van der Waals surface area contributed by atoms with Gasteiger partial charge in [-0.15, -0.1) is 23.6 Å². The molecule has 0 fully saturated rings. The van der Waals surface area contributed by atoms with Gasteiger partial charge in [0.15, 0.2) is 0 Å². The largest absolute Gasteiger partial charge is 0.313 e. The molecule has 98 valence electrons. The standard InChI is InChI=1S/C15H20FNS/c1-3-5-6-9-14(17-4-2)12-18-15-10-7-8-13(16)11-15/h7-8,10-11,14,17H,4,6,9,12H2,1-2H3. The third-order valence-electron chi connectivity index (χ3n) is 2.53. The molecule has 18 heavy (non-hydrogen) atoms. The Bertz CT molecular complexity index is 408. The lowest BCUT2D eigenvalue weighted by Gasteiger charge is -2.16. The Kier molecular flexibility index (Phi) is 7.55. The summed E-state index contributed by atoms with van der Waals surface area (Å²) in [6.45, 7) is 4.92. The lowest BCUT2D eigenvalue weighted by atomic mass is 10.2. The number of nitrogens with one attached hydrogen (secondary N) is 1. The van der Waals surface area contributed by atoms with E-state index in [1.807, 2.05) is 13.0 Å². The molecule has 1 aromatic rings. The van der Waals surface area contributed by atoms with Gasteiger partial charge in [-0.05, 0) is 38.1 Å². The van der Waals surface area contributed by atoms with Crippen LogP contribution >= 0.6 is 11.8 Å². The van der Waals surface area contributed by atoms with Gasteiger partial charge in [0.25, 0.3) is 0 Å². The molecule has 0 aliphatic rings. The van der Waals surface area contributed by atoms with Crippen LogP contribution in [0.4, 0.5) is 4.39 Å². The molecule has 1 atom stereocenters. The summed E-state index contributed by atoms with van der Waals surface area (Å²) in [4.78, 5) is 0.986. The van der Waals surface area contributed by atoms with Crippen LogP contribution in [0, 0.1) is 17.7 Å². The van der Waals surface area contributed by atoms with E-state index in [1.165, 1.54) is 6.07 Å². The Morgan fingerprint density at radius 3 is 2.94 bits per heavy atom. The van der Waals surface area contributed by atoms with Crippen molar-refractivity contribution < 1.29 is 4.39 Å². The molecular weight excluding hydrogens is 245 g/mol. The zero-order chi connectivity index (χ0) is 13.2. The first-order valence-electron chi connectivity index (χ1n) is 6.27. The minimum atomic E-state index is -0.170. The number of halogens is 1. The smallest absolute Gasteiger partial charge is 0.124 e. The second-order valence-electron chi connectivity index (χ2n) is 3.99. The second kappa shape index (κ2) is 9.02. The van der Waals surface area contributed by atoms with Crippen LogP contribution in [0.5, 0.6) is 0 Å². The predicted molar refractivity (Wildman–Crippen MR) is 77.3 cm³/mol. The van der Waals surface area contributed by atoms with Gasteiger partial charge in [0.1, 0.15) is 5.82 Å². The average molecular weight is 265 g/mol. The zero-order valence-corrected chi connectivity index (χ0v) is 11.8. The highest BCUT2D eigenvalue weighted by atomic mass is 32.2. The Hall–Kier alpha value is -0.980. The molecule has 0 saturated heterocycles. The van der Waals surface area contributed by atoms with Gasteiger partial charge in [0.2, 0.25) is 0 Å². The Morgan fingerprint density at radius 1 is 1.44 bits per heavy atom. The maximum Gasteiger partial charge on any atom is 0.124 e. The molecule has 1 nitrogen and oxygen atoms in total. The molecule has 0 radical (unpaired) electrons. The van der Waals surface area contributed by atoms with Gasteiger partial charge in [-0.1, -0.05) is 13.0 Å². The number of hydrogen-bond acceptors (Lipinski definition) is 2. The summed E-state index contributed by atoms with van der Waals surface area (Å²) in [5.74, 6) is 6.77. The third-order valence-corrected chi connectivity index (χ3v) is 3.69. The first-order valence-corrected chi connectivity index (χ1v) is 7.26. The van der Waals surface area contributed by atoms with Crippen molar-refractivity contribution in [3.63, 3.8) is 0 Å². The van der Waals surface area contributed by atoms with Gasteiger partial charge in [-0.2, -0.15) is 0 Å². The van der Waals surface area contributed by atoms with Crippen LogP contribution in [0.2, 0.25) is 0 Å². The number of thioether (sulfide) groups is 1. The van der Waals surface area contributed by atoms with Crippen molar-refractivity contribution in [3.05, 3.63) is 30.1 Å². The molecule has 0 saturated carbocycles. The van der Waals surface area contributed by atoms with E-state index < -0.39 is 0 Å². The highest BCUT2D eigenvalue weighted by Gasteiger charge is 2.07. The van der Waals surface area contributed by atoms with E-state index in [4.69, 9.17) is 0 Å². The summed E-state index contributed by atoms with van der Waals surface area (Å²) < 4.78 is 13.0. The van der Waals surface area contributed by atoms with Crippen LogP contribution in [-0.2, 0) is 0 Å². The molecule has 0 aliphatic heterocycles. The van der Waals surface area contributed by atoms with E-state index in [2.05, 4.69) is 24.1 Å². The molecule has 1 rings (SSSR count). The Morgan fingerprint density at radius 2 is 2.28 bits per heavy atom. The number of hydrogen-bond donors (Lipinski definition) is 1. The van der Waals surface area contributed by atoms with E-state index in [9.17, 15) is 4.39 Å². The summed E-state index contributed by atoms with van der Waals surface area (Å²) in [5.41, 5.74) is 0. The molecule has 1 unspecified atom stereocenters. The van der Waals surface area contributed by atoms with Crippen LogP contribution in [0.25, 0.3) is 0 Å². The highest BCUT2D eigenvalue weighted by Crippen LogP contribution is 2.20. The summed E-state index contributed by atoms with van der Waals surface area (Å²) in [6.07, 6.45) is 1.95. The lowest BCUT2D eigenvalue weighted by molar-refractivity contribution is 0.545. The quantitative estimate of drug-likeness (QED) is 0.596. The molecular formula is C15H20FNS. The van der Waals surface area contributed by atoms with Gasteiger partial charge in [-0.25, -0.2) is 4.39 Å². The zero-order valence-electron chi connectivity index (χ0n) is 11.0. The minimum Gasteiger partial charge on any atom is -0.313 e. The fourth-order valence-corrected chi connectivity index (χ4v) is 2.71. The van der Waals surface area contributed by atoms with Crippen molar-refractivity contribution in [2.45, 2.75) is 37.6 Å². The summed E-state index contributed by atoms with van der Waals surface area (Å²) in [5, 5.41) is 3.44. The molecule has 0 bridgehead atoms. The van der Waals surface area contributed by atoms with Crippen molar-refractivity contribution in [1.82, 2.24) is 5.32 Å². The SMILES string of the molecule is CC#CCCC(CSc1cccc(F)c1)NCC. The van der Waals surface area contributed by atoms with Crippen LogP contribution in [0.3, 0.4) is 0 Å². The van der Waals surface area contributed by atoms with Gasteiger partial charge >= 0.3 is 0 Å². The second-order valence-corrected chi connectivity index (χ2v) is 5.08. The number of rotatable bonds is 7. The van der Waals surface area contributed by atoms with Gasteiger partial charge in [0.05, 0.1) is 0 Å². The third kappa shape index (κ3) is 6.09. The van der Waals surface area contributed by atoms with Crippen molar-refractivity contribution in [2.75, 3.05) is 12.3 Å². The van der Waals surface area contributed by atoms with E-state index in [-0.39, 0.29) is 5.82 Å². The summed E-state index contributed by atoms with van der Waals surface area (Å²) in [6, 6.07) is 7.19. The van der Waals surface area contributed by atoms with Crippen LogP contribution in [0.15, 0.2) is 29.2 Å². The summed E-state index contributed by atoms with van der Waals surface area (Å²) >= 11 is 1.69. The number of benzene rings is 1. The monoisotopic (exact) mass is 265 g/mol. The topological polar surface area (TPSA) is 12.0 Å². The molecule has 0 amide bonds. The van der Waals surface area contributed by atoms with Gasteiger partial charge < -0.3 is 5.32 Å². The van der Waals surface area contributed by atoms with E-state index in [0.717, 1.165) is 30.0 Å². The van der Waals surface area contributed by atoms with Crippen LogP contribution < -0.4 is 5.32 Å². The fourth-order valence-electron chi connectivity index (χ4n) is 1.66. The van der Waals surface area contributed by atoms with E-state index >= 15 is 0 Å². The lowest BCUT2D eigenvalue weighted by Crippen LogP contribution is -2.30. The molecule has 0 aromatic heterocycles. The van der Waals surface area contributed by atoms with Crippen molar-refractivity contribution in [2.24, 2.45) is 0 Å². The van der Waals surface area contributed by atoms with E-state index in [0.29, 0.717) is 6.04 Å². The van der Waals surface area contributed by atoms with Crippen LogP contribution in [0.1, 0.15) is 26.7 Å². The van der Waals surface area contributed by atoms with Crippen molar-refractivity contribution in [3.8, 4) is 11.8 Å². The molecule has 1 aromatic carbocycles. The molecule has 1 N–H and O–H groups in total. The molecule has 3 heteroatoms. The van der Waals surface area contributed by atoms with Gasteiger partial charge in [0, 0.05) is 23.1 Å². The maximum absolute atomic E-state index is 13.0. The van der Waals surface area contributed by atoms with Crippen molar-refractivity contribution >= 4 is 11.8 Å². The fraction of sp³-hybridized carbons (Fsp3) is 0.467. The van der Waals surface area contributed by atoms with E-state index in [1.54, 1.807) is 23.9 Å². The molecule has 0 heterocycles. The normalized spacial score (nSPS) is 11.7. The van der Waals surface area contributed by atoms with Crippen LogP contribution in [-0.4, -0.2) is 18.3 Å². The first kappa shape index (κ1) is 15.1. The molecule has 0 aliphatic carbocycles. The average Bonchev–Trinajstić information content (AvgIpc) is 2.36. The Balaban J connectivity index is 2.42. The van der Waals surface area contributed by atoms with Gasteiger partial charge in [-0.3, -0.25) is 0 Å². The Labute approximate surface area is 114 Å². The highest BCUT2D eigenvalue weighted by molar-refractivity contribution is 7.99. The maximum atomic E-state index is 13.0. The predicted octanol–water partition coefficient (Wildman–Crippen LogP) is 3.70. The van der Waals surface area contributed by atoms with Crippen molar-refractivity contribution in [1.29, 1.82) is 0 Å². The molecule has 0 spiro atoms. The summed E-state index contributed by atoms with van der Waals surface area (Å²) in [7, 11) is 0. The first-order chi connectivity index (χ1) is 8.76.